The summed E-state index contributed by atoms with van der Waals surface area (Å²) >= 11 is 0. The van der Waals surface area contributed by atoms with E-state index in [2.05, 4.69) is 33.0 Å². The Bertz CT molecular complexity index is 1370. The fraction of sp³-hybridized carbons (Fsp3) is 0.333. The maximum absolute atomic E-state index is 13.1. The summed E-state index contributed by atoms with van der Waals surface area (Å²) in [5.74, 6) is 1.78. The monoisotopic (exact) mass is 451 g/mol. The number of pyridine rings is 1. The number of hydrogen-bond acceptors (Lipinski definition) is 6. The number of benzene rings is 1. The van der Waals surface area contributed by atoms with Gasteiger partial charge < -0.3 is 14.2 Å². The Morgan fingerprint density at radius 3 is 2.50 bits per heavy atom. The van der Waals surface area contributed by atoms with Gasteiger partial charge in [0.05, 0.1) is 17.3 Å². The second-order valence-corrected chi connectivity index (χ2v) is 10.1. The highest BCUT2D eigenvalue weighted by Crippen LogP contribution is 2.62. The molecule has 7 rings (SSSR count). The van der Waals surface area contributed by atoms with Crippen molar-refractivity contribution in [2.24, 2.45) is 10.8 Å². The van der Waals surface area contributed by atoms with Crippen molar-refractivity contribution in [2.75, 3.05) is 31.1 Å². The first kappa shape index (κ1) is 19.7. The van der Waals surface area contributed by atoms with E-state index in [1.165, 1.54) is 6.42 Å². The molecule has 7 heteroatoms. The predicted molar refractivity (Wildman–Crippen MR) is 128 cm³/mol. The van der Waals surface area contributed by atoms with Crippen LogP contribution in [0.1, 0.15) is 29.6 Å². The number of hydrogen-bond donors (Lipinski definition) is 0. The van der Waals surface area contributed by atoms with Crippen molar-refractivity contribution >= 4 is 22.6 Å². The van der Waals surface area contributed by atoms with Crippen LogP contribution in [0.3, 0.4) is 0 Å². The maximum Gasteiger partial charge on any atom is 0.257 e. The Morgan fingerprint density at radius 1 is 0.941 bits per heavy atom. The Kier molecular flexibility index (Phi) is 4.13. The average Bonchev–Trinajstić information content (AvgIpc) is 3.61. The summed E-state index contributed by atoms with van der Waals surface area (Å²) in [5, 5.41) is 1.08. The number of likely N-dealkylation sites (tertiary alicyclic amines) is 1. The zero-order chi connectivity index (χ0) is 22.8. The molecular weight excluding hydrogens is 426 g/mol. The summed E-state index contributed by atoms with van der Waals surface area (Å²) < 4.78 is 5.17. The van der Waals surface area contributed by atoms with E-state index < -0.39 is 0 Å². The molecule has 1 aromatic carbocycles. The number of rotatable bonds is 3. The fourth-order valence-corrected chi connectivity index (χ4v) is 6.74. The molecule has 2 saturated heterocycles. The summed E-state index contributed by atoms with van der Waals surface area (Å²) in [5.41, 5.74) is 2.72. The van der Waals surface area contributed by atoms with Gasteiger partial charge in [0.25, 0.3) is 5.91 Å². The summed E-state index contributed by atoms with van der Waals surface area (Å²) in [6, 6.07) is 13.9. The summed E-state index contributed by atoms with van der Waals surface area (Å²) in [4.78, 5) is 31.8. The van der Waals surface area contributed by atoms with Crippen LogP contribution in [0.15, 0.2) is 71.8 Å². The van der Waals surface area contributed by atoms with Crippen molar-refractivity contribution < 1.29 is 9.21 Å². The highest BCUT2D eigenvalue weighted by atomic mass is 16.3. The SMILES string of the molecule is O=C(c1ccoc1)N1CC23CCCC2(C1)CN(c1nc(-c2cccnc2)nc2ccccc12)C3. The minimum Gasteiger partial charge on any atom is -0.472 e. The van der Waals surface area contributed by atoms with Gasteiger partial charge in [0.2, 0.25) is 0 Å². The Hall–Kier alpha value is -3.74. The van der Waals surface area contributed by atoms with Crippen molar-refractivity contribution in [1.29, 1.82) is 0 Å². The molecule has 34 heavy (non-hydrogen) atoms. The van der Waals surface area contributed by atoms with E-state index in [-0.39, 0.29) is 16.7 Å². The molecule has 1 saturated carbocycles. The third kappa shape index (κ3) is 2.76. The zero-order valence-corrected chi connectivity index (χ0v) is 18.9. The lowest BCUT2D eigenvalue weighted by molar-refractivity contribution is 0.0763. The largest absolute Gasteiger partial charge is 0.472 e. The van der Waals surface area contributed by atoms with Gasteiger partial charge in [-0.2, -0.15) is 0 Å². The lowest BCUT2D eigenvalue weighted by Crippen LogP contribution is -2.37. The Morgan fingerprint density at radius 2 is 1.76 bits per heavy atom. The van der Waals surface area contributed by atoms with Gasteiger partial charge in [-0.3, -0.25) is 9.78 Å². The van der Waals surface area contributed by atoms with Crippen LogP contribution in [-0.4, -0.2) is 51.9 Å². The number of anilines is 1. The smallest absolute Gasteiger partial charge is 0.257 e. The van der Waals surface area contributed by atoms with Gasteiger partial charge in [-0.05, 0) is 43.2 Å². The molecule has 3 aromatic heterocycles. The second kappa shape index (κ2) is 7.13. The molecule has 0 bridgehead atoms. The van der Waals surface area contributed by atoms with Crippen LogP contribution in [0.4, 0.5) is 5.82 Å². The van der Waals surface area contributed by atoms with Gasteiger partial charge >= 0.3 is 0 Å². The lowest BCUT2D eigenvalue weighted by Gasteiger charge is -2.29. The van der Waals surface area contributed by atoms with Gasteiger partial charge in [0.15, 0.2) is 5.82 Å². The molecule has 2 aliphatic heterocycles. The van der Waals surface area contributed by atoms with Crippen LogP contribution in [0.2, 0.25) is 0 Å². The number of amides is 1. The summed E-state index contributed by atoms with van der Waals surface area (Å²) in [6.07, 6.45) is 10.2. The van der Waals surface area contributed by atoms with Crippen LogP contribution in [0.25, 0.3) is 22.3 Å². The second-order valence-electron chi connectivity index (χ2n) is 10.1. The quantitative estimate of drug-likeness (QED) is 0.459. The maximum atomic E-state index is 13.1. The first-order valence-electron chi connectivity index (χ1n) is 11.9. The highest BCUT2D eigenvalue weighted by Gasteiger charge is 2.65. The van der Waals surface area contributed by atoms with Crippen molar-refractivity contribution in [2.45, 2.75) is 19.3 Å². The molecule has 4 aromatic rings. The van der Waals surface area contributed by atoms with Crippen LogP contribution in [-0.2, 0) is 0 Å². The molecule has 0 N–H and O–H groups in total. The Balaban J connectivity index is 1.27. The van der Waals surface area contributed by atoms with E-state index in [4.69, 9.17) is 14.4 Å². The molecule has 7 nitrogen and oxygen atoms in total. The molecule has 170 valence electrons. The van der Waals surface area contributed by atoms with E-state index in [1.54, 1.807) is 24.8 Å². The fourth-order valence-electron chi connectivity index (χ4n) is 6.74. The van der Waals surface area contributed by atoms with Crippen LogP contribution in [0, 0.1) is 10.8 Å². The summed E-state index contributed by atoms with van der Waals surface area (Å²) in [6.45, 7) is 3.42. The Labute approximate surface area is 197 Å². The molecule has 3 fully saturated rings. The number of aromatic nitrogens is 3. The topological polar surface area (TPSA) is 75.4 Å². The van der Waals surface area contributed by atoms with Gasteiger partial charge in [0.1, 0.15) is 12.1 Å². The number of fused-ring (bicyclic) bond motifs is 1. The van der Waals surface area contributed by atoms with E-state index >= 15 is 0 Å². The predicted octanol–water partition coefficient (Wildman–Crippen LogP) is 4.42. The van der Waals surface area contributed by atoms with Crippen LogP contribution in [0.5, 0.6) is 0 Å². The van der Waals surface area contributed by atoms with E-state index in [9.17, 15) is 4.79 Å². The molecule has 5 heterocycles. The van der Waals surface area contributed by atoms with E-state index in [0.29, 0.717) is 11.4 Å². The standard InChI is InChI=1S/C27H25N5O2/c33-25(20-8-12-34-14-20)32-17-26-9-4-10-27(26,18-32)16-31(15-26)24-21-6-1-2-7-22(21)29-23(30-24)19-5-3-11-28-13-19/h1-3,5-8,11-14H,4,9-10,15-18H2. The third-order valence-corrected chi connectivity index (χ3v) is 8.27. The first-order chi connectivity index (χ1) is 16.7. The molecule has 2 unspecified atom stereocenters. The van der Waals surface area contributed by atoms with E-state index in [0.717, 1.165) is 61.3 Å². The number of carbonyl (C=O) groups is 1. The molecule has 3 aliphatic rings. The molecule has 1 aliphatic carbocycles. The minimum atomic E-state index is 0.0849. The van der Waals surface area contributed by atoms with Crippen molar-refractivity contribution in [1.82, 2.24) is 19.9 Å². The number of carbonyl (C=O) groups excluding carboxylic acids is 1. The van der Waals surface area contributed by atoms with Crippen molar-refractivity contribution in [3.8, 4) is 11.4 Å². The average molecular weight is 452 g/mol. The highest BCUT2D eigenvalue weighted by molar-refractivity contribution is 5.94. The molecule has 2 atom stereocenters. The van der Waals surface area contributed by atoms with Gasteiger partial charge in [-0.25, -0.2) is 9.97 Å². The lowest BCUT2D eigenvalue weighted by atomic mass is 9.71. The number of para-hydroxylation sites is 1. The van der Waals surface area contributed by atoms with Crippen molar-refractivity contribution in [3.63, 3.8) is 0 Å². The van der Waals surface area contributed by atoms with Gasteiger partial charge in [0, 0.05) is 60.4 Å². The summed E-state index contributed by atoms with van der Waals surface area (Å²) in [7, 11) is 0. The van der Waals surface area contributed by atoms with Crippen molar-refractivity contribution in [3.05, 3.63) is 72.9 Å². The van der Waals surface area contributed by atoms with Gasteiger partial charge in [-0.1, -0.05) is 18.6 Å². The normalized spacial score (nSPS) is 25.6. The third-order valence-electron chi connectivity index (χ3n) is 8.27. The molecule has 0 spiro atoms. The van der Waals surface area contributed by atoms with Crippen LogP contribution < -0.4 is 4.90 Å². The van der Waals surface area contributed by atoms with E-state index in [1.807, 2.05) is 24.4 Å². The van der Waals surface area contributed by atoms with Gasteiger partial charge in [-0.15, -0.1) is 0 Å². The molecule has 0 radical (unpaired) electrons. The molecule has 1 amide bonds. The first-order valence-corrected chi connectivity index (χ1v) is 11.9. The molecular formula is C27H25N5O2. The minimum absolute atomic E-state index is 0.0849. The van der Waals surface area contributed by atoms with Crippen LogP contribution >= 0.6 is 0 Å². The number of furan rings is 1. The number of nitrogens with zero attached hydrogens (tertiary/aromatic N) is 5. The zero-order valence-electron chi connectivity index (χ0n) is 18.9.